The van der Waals surface area contributed by atoms with Crippen LogP contribution in [-0.4, -0.2) is 24.4 Å². The Balaban J connectivity index is 1.92. The number of furan rings is 1. The van der Waals surface area contributed by atoms with E-state index in [0.717, 1.165) is 0 Å². The van der Waals surface area contributed by atoms with Gasteiger partial charge >= 0.3 is 0 Å². The number of carbonyl (C=O) groups excluding carboxylic acids is 1. The first-order chi connectivity index (χ1) is 10.6. The minimum absolute atomic E-state index is 0.140. The molecule has 2 rings (SSSR count). The van der Waals surface area contributed by atoms with Crippen LogP contribution in [0.4, 0.5) is 4.39 Å². The van der Waals surface area contributed by atoms with Crippen molar-refractivity contribution >= 4 is 5.91 Å². The van der Waals surface area contributed by atoms with Crippen LogP contribution in [0.25, 0.3) is 0 Å². The summed E-state index contributed by atoms with van der Waals surface area (Å²) in [6.45, 7) is 0.484. The van der Waals surface area contributed by atoms with Gasteiger partial charge in [0.2, 0.25) is 0 Å². The van der Waals surface area contributed by atoms with Gasteiger partial charge in [0.25, 0.3) is 5.91 Å². The topological polar surface area (TPSA) is 66.5 Å². The highest BCUT2D eigenvalue weighted by Gasteiger charge is 2.15. The molecule has 1 aromatic carbocycles. The molecule has 0 spiro atoms. The van der Waals surface area contributed by atoms with Gasteiger partial charge in [-0.2, -0.15) is 5.26 Å². The molecule has 114 valence electrons. The van der Waals surface area contributed by atoms with Gasteiger partial charge < -0.3 is 14.1 Å². The predicted molar refractivity (Wildman–Crippen MR) is 76.6 cm³/mol. The second-order valence-electron chi connectivity index (χ2n) is 4.64. The number of ether oxygens (including phenoxy) is 1. The molecular weight excluding hydrogens is 287 g/mol. The number of nitriles is 1. The molecule has 2 aromatic rings. The smallest absolute Gasteiger partial charge is 0.289 e. The summed E-state index contributed by atoms with van der Waals surface area (Å²) < 4.78 is 23.6. The Morgan fingerprint density at radius 2 is 2.05 bits per heavy atom. The second-order valence-corrected chi connectivity index (χ2v) is 4.64. The zero-order valence-corrected chi connectivity index (χ0v) is 12.1. The molecular formula is C16H15FN2O3. The van der Waals surface area contributed by atoms with E-state index >= 15 is 0 Å². The number of rotatable bonds is 6. The fourth-order valence-corrected chi connectivity index (χ4v) is 1.76. The van der Waals surface area contributed by atoms with Crippen molar-refractivity contribution < 1.29 is 18.3 Å². The van der Waals surface area contributed by atoms with Crippen LogP contribution in [0.1, 0.15) is 22.7 Å². The van der Waals surface area contributed by atoms with Crippen LogP contribution in [0.2, 0.25) is 0 Å². The molecule has 22 heavy (non-hydrogen) atoms. The minimum Gasteiger partial charge on any atom is -0.486 e. The van der Waals surface area contributed by atoms with E-state index in [4.69, 9.17) is 14.4 Å². The summed E-state index contributed by atoms with van der Waals surface area (Å²) in [5, 5.41) is 8.52. The summed E-state index contributed by atoms with van der Waals surface area (Å²) in [6.07, 6.45) is 0.267. The van der Waals surface area contributed by atoms with Gasteiger partial charge in [0.15, 0.2) is 5.76 Å². The van der Waals surface area contributed by atoms with Gasteiger partial charge in [0, 0.05) is 13.6 Å². The number of benzene rings is 1. The summed E-state index contributed by atoms with van der Waals surface area (Å²) in [5.74, 6) is 0.568. The van der Waals surface area contributed by atoms with Crippen molar-refractivity contribution in [2.24, 2.45) is 0 Å². The van der Waals surface area contributed by atoms with Crippen LogP contribution in [0.3, 0.4) is 0 Å². The molecule has 5 nitrogen and oxygen atoms in total. The van der Waals surface area contributed by atoms with Crippen LogP contribution in [0, 0.1) is 17.1 Å². The SMILES string of the molecule is CN(CCC#N)C(=O)c1ccc(COc2ccc(F)cc2)o1. The Labute approximate surface area is 127 Å². The molecule has 1 aromatic heterocycles. The predicted octanol–water partition coefficient (Wildman–Crippen LogP) is 2.98. The molecule has 0 fully saturated rings. The molecule has 0 N–H and O–H groups in total. The number of hydrogen-bond acceptors (Lipinski definition) is 4. The second kappa shape index (κ2) is 7.27. The highest BCUT2D eigenvalue weighted by molar-refractivity contribution is 5.91. The largest absolute Gasteiger partial charge is 0.486 e. The maximum atomic E-state index is 12.8. The molecule has 0 aliphatic heterocycles. The lowest BCUT2D eigenvalue weighted by Gasteiger charge is -2.13. The molecule has 0 unspecified atom stereocenters. The molecule has 0 aliphatic rings. The Morgan fingerprint density at radius 1 is 1.32 bits per heavy atom. The van der Waals surface area contributed by atoms with Gasteiger partial charge in [0.05, 0.1) is 12.5 Å². The van der Waals surface area contributed by atoms with E-state index in [-0.39, 0.29) is 30.5 Å². The number of amides is 1. The van der Waals surface area contributed by atoms with Gasteiger partial charge in [-0.25, -0.2) is 4.39 Å². The fourth-order valence-electron chi connectivity index (χ4n) is 1.76. The van der Waals surface area contributed by atoms with Crippen LogP contribution in [0.5, 0.6) is 5.75 Å². The van der Waals surface area contributed by atoms with E-state index in [9.17, 15) is 9.18 Å². The van der Waals surface area contributed by atoms with E-state index in [1.807, 2.05) is 6.07 Å². The normalized spacial score (nSPS) is 10.0. The van der Waals surface area contributed by atoms with E-state index < -0.39 is 0 Å². The van der Waals surface area contributed by atoms with Crippen LogP contribution < -0.4 is 4.74 Å². The third-order valence-electron chi connectivity index (χ3n) is 2.97. The molecule has 0 bridgehead atoms. The maximum absolute atomic E-state index is 12.8. The summed E-state index contributed by atoms with van der Waals surface area (Å²) in [6, 6.07) is 10.8. The van der Waals surface area contributed by atoms with Crippen molar-refractivity contribution in [1.29, 1.82) is 5.26 Å². The molecule has 1 amide bonds. The zero-order valence-electron chi connectivity index (χ0n) is 12.1. The Morgan fingerprint density at radius 3 is 2.73 bits per heavy atom. The summed E-state index contributed by atoms with van der Waals surface area (Å²) in [4.78, 5) is 13.4. The summed E-state index contributed by atoms with van der Waals surface area (Å²) in [7, 11) is 1.61. The molecule has 0 saturated heterocycles. The summed E-state index contributed by atoms with van der Waals surface area (Å²) >= 11 is 0. The van der Waals surface area contributed by atoms with Gasteiger partial charge in [-0.1, -0.05) is 0 Å². The van der Waals surface area contributed by atoms with Crippen LogP contribution in [0.15, 0.2) is 40.8 Å². The highest BCUT2D eigenvalue weighted by Crippen LogP contribution is 2.16. The van der Waals surface area contributed by atoms with Crippen molar-refractivity contribution in [3.63, 3.8) is 0 Å². The van der Waals surface area contributed by atoms with Crippen LogP contribution in [-0.2, 0) is 6.61 Å². The average molecular weight is 302 g/mol. The third kappa shape index (κ3) is 4.09. The first-order valence-corrected chi connectivity index (χ1v) is 6.69. The van der Waals surface area contributed by atoms with Gasteiger partial charge in [-0.05, 0) is 36.4 Å². The number of hydrogen-bond donors (Lipinski definition) is 0. The first-order valence-electron chi connectivity index (χ1n) is 6.69. The van der Waals surface area contributed by atoms with E-state index in [1.165, 1.54) is 29.2 Å². The quantitative estimate of drug-likeness (QED) is 0.822. The lowest BCUT2D eigenvalue weighted by molar-refractivity contribution is 0.0762. The van der Waals surface area contributed by atoms with E-state index in [1.54, 1.807) is 19.2 Å². The van der Waals surface area contributed by atoms with E-state index in [0.29, 0.717) is 18.1 Å². The Kier molecular flexibility index (Phi) is 5.15. The lowest BCUT2D eigenvalue weighted by Crippen LogP contribution is -2.27. The molecule has 0 aliphatic carbocycles. The first kappa shape index (κ1) is 15.6. The molecule has 1 heterocycles. The standard InChI is InChI=1S/C16H15FN2O3/c1-19(10-2-9-18)16(20)15-8-7-14(22-15)11-21-13-5-3-12(17)4-6-13/h3-8H,2,10-11H2,1H3. The molecule has 0 saturated carbocycles. The van der Waals surface area contributed by atoms with Crippen molar-refractivity contribution in [1.82, 2.24) is 4.90 Å². The number of nitrogens with zero attached hydrogens (tertiary/aromatic N) is 2. The molecule has 6 heteroatoms. The molecule has 0 radical (unpaired) electrons. The van der Waals surface area contributed by atoms with Crippen molar-refractivity contribution in [3.05, 3.63) is 53.7 Å². The fraction of sp³-hybridized carbons (Fsp3) is 0.250. The molecule has 0 atom stereocenters. The Hall–Kier alpha value is -2.81. The summed E-state index contributed by atoms with van der Waals surface area (Å²) in [5.41, 5.74) is 0. The Bertz CT molecular complexity index is 673. The third-order valence-corrected chi connectivity index (χ3v) is 2.97. The van der Waals surface area contributed by atoms with Gasteiger partial charge in [-0.3, -0.25) is 4.79 Å². The monoisotopic (exact) mass is 302 g/mol. The maximum Gasteiger partial charge on any atom is 0.289 e. The average Bonchev–Trinajstić information content (AvgIpc) is 3.00. The van der Waals surface area contributed by atoms with E-state index in [2.05, 4.69) is 0 Å². The number of carbonyl (C=O) groups is 1. The van der Waals surface area contributed by atoms with Crippen LogP contribution >= 0.6 is 0 Å². The van der Waals surface area contributed by atoms with Crippen molar-refractivity contribution in [3.8, 4) is 11.8 Å². The van der Waals surface area contributed by atoms with Crippen molar-refractivity contribution in [2.45, 2.75) is 13.0 Å². The lowest BCUT2D eigenvalue weighted by atomic mass is 10.3. The van der Waals surface area contributed by atoms with Gasteiger partial charge in [0.1, 0.15) is 23.9 Å². The zero-order chi connectivity index (χ0) is 15.9. The highest BCUT2D eigenvalue weighted by atomic mass is 19.1. The minimum atomic E-state index is -0.335. The van der Waals surface area contributed by atoms with Crippen molar-refractivity contribution in [2.75, 3.05) is 13.6 Å². The van der Waals surface area contributed by atoms with Gasteiger partial charge in [-0.15, -0.1) is 0 Å². The number of halogens is 1.